The second-order valence-electron chi connectivity index (χ2n) is 6.23. The lowest BCUT2D eigenvalue weighted by atomic mass is 9.64. The number of nitrogens with two attached hydrogens (primary N) is 1. The monoisotopic (exact) mass is 324 g/mol. The second kappa shape index (κ2) is 9.86. The van der Waals surface area contributed by atoms with Crippen molar-refractivity contribution in [2.75, 3.05) is 13.1 Å². The van der Waals surface area contributed by atoms with Crippen LogP contribution in [0.5, 0.6) is 0 Å². The normalized spacial score (nSPS) is 15.5. The van der Waals surface area contributed by atoms with Gasteiger partial charge in [-0.25, -0.2) is 0 Å². The highest BCUT2D eigenvalue weighted by Gasteiger charge is 2.38. The first-order chi connectivity index (χ1) is 10.3. The van der Waals surface area contributed by atoms with E-state index in [1.807, 2.05) is 0 Å². The number of nitrogens with one attached hydrogen (secondary N) is 1. The molecule has 1 aliphatic rings. The molecule has 0 aromatic heterocycles. The van der Waals surface area contributed by atoms with E-state index in [4.69, 9.17) is 5.73 Å². The quantitative estimate of drug-likeness (QED) is 0.682. The fraction of sp³-hybridized carbons (Fsp3) is 0.611. The SMILES string of the molecule is Cl.NCCCCCCC(=O)NCC1(c2ccccc2)CCC1. The van der Waals surface area contributed by atoms with Gasteiger partial charge in [0.25, 0.3) is 0 Å². The predicted molar refractivity (Wildman–Crippen MR) is 94.4 cm³/mol. The summed E-state index contributed by atoms with van der Waals surface area (Å²) in [6.45, 7) is 1.55. The molecule has 124 valence electrons. The maximum atomic E-state index is 12.0. The molecule has 0 aliphatic heterocycles. The third-order valence-electron chi connectivity index (χ3n) is 4.68. The summed E-state index contributed by atoms with van der Waals surface area (Å²) < 4.78 is 0. The van der Waals surface area contributed by atoms with E-state index in [0.29, 0.717) is 6.42 Å². The van der Waals surface area contributed by atoms with Crippen molar-refractivity contribution >= 4 is 18.3 Å². The van der Waals surface area contributed by atoms with E-state index in [1.165, 1.54) is 24.8 Å². The number of hydrogen-bond donors (Lipinski definition) is 2. The largest absolute Gasteiger partial charge is 0.355 e. The van der Waals surface area contributed by atoms with Crippen LogP contribution in [-0.2, 0) is 10.2 Å². The molecule has 1 aromatic carbocycles. The Morgan fingerprint density at radius 2 is 1.77 bits per heavy atom. The van der Waals surface area contributed by atoms with Gasteiger partial charge in [0.2, 0.25) is 5.91 Å². The number of benzene rings is 1. The molecule has 0 unspecified atom stereocenters. The van der Waals surface area contributed by atoms with Crippen molar-refractivity contribution in [3.63, 3.8) is 0 Å². The van der Waals surface area contributed by atoms with Crippen LogP contribution in [0, 0.1) is 0 Å². The number of amides is 1. The number of carbonyl (C=O) groups is 1. The Kier molecular flexibility index (Phi) is 8.51. The number of halogens is 1. The third-order valence-corrected chi connectivity index (χ3v) is 4.68. The fourth-order valence-electron chi connectivity index (χ4n) is 3.10. The average molecular weight is 325 g/mol. The van der Waals surface area contributed by atoms with Gasteiger partial charge in [0.05, 0.1) is 0 Å². The molecule has 1 amide bonds. The Hall–Kier alpha value is -1.06. The standard InChI is InChI=1S/C18H28N2O.ClH/c19-14-7-2-1-6-11-17(21)20-15-18(12-8-13-18)16-9-4-3-5-10-16;/h3-5,9-10H,1-2,6-8,11-15,19H2,(H,20,21);1H. The van der Waals surface area contributed by atoms with Gasteiger partial charge in [0.15, 0.2) is 0 Å². The zero-order valence-electron chi connectivity index (χ0n) is 13.4. The Morgan fingerprint density at radius 1 is 1.09 bits per heavy atom. The summed E-state index contributed by atoms with van der Waals surface area (Å²) in [6.07, 6.45) is 8.58. The maximum absolute atomic E-state index is 12.0. The molecular formula is C18H29ClN2O. The van der Waals surface area contributed by atoms with E-state index < -0.39 is 0 Å². The molecular weight excluding hydrogens is 296 g/mol. The minimum absolute atomic E-state index is 0. The Labute approximate surface area is 140 Å². The summed E-state index contributed by atoms with van der Waals surface area (Å²) >= 11 is 0. The van der Waals surface area contributed by atoms with E-state index >= 15 is 0 Å². The summed E-state index contributed by atoms with van der Waals surface area (Å²) in [7, 11) is 0. The van der Waals surface area contributed by atoms with Gasteiger partial charge in [-0.3, -0.25) is 4.79 Å². The van der Waals surface area contributed by atoms with E-state index in [-0.39, 0.29) is 23.7 Å². The molecule has 3 N–H and O–H groups in total. The Balaban J connectivity index is 0.00000242. The average Bonchev–Trinajstić information content (AvgIpc) is 2.47. The zero-order valence-corrected chi connectivity index (χ0v) is 14.2. The van der Waals surface area contributed by atoms with Crippen LogP contribution in [0.3, 0.4) is 0 Å². The van der Waals surface area contributed by atoms with Crippen LogP contribution in [-0.4, -0.2) is 19.0 Å². The van der Waals surface area contributed by atoms with Gasteiger partial charge in [-0.1, -0.05) is 49.6 Å². The summed E-state index contributed by atoms with van der Waals surface area (Å²) in [5.74, 6) is 0.199. The van der Waals surface area contributed by atoms with Gasteiger partial charge < -0.3 is 11.1 Å². The van der Waals surface area contributed by atoms with Crippen molar-refractivity contribution in [1.82, 2.24) is 5.32 Å². The second-order valence-corrected chi connectivity index (χ2v) is 6.23. The van der Waals surface area contributed by atoms with Gasteiger partial charge >= 0.3 is 0 Å². The van der Waals surface area contributed by atoms with Crippen LogP contribution >= 0.6 is 12.4 Å². The van der Waals surface area contributed by atoms with Crippen molar-refractivity contribution in [2.45, 2.75) is 56.8 Å². The minimum atomic E-state index is 0. The Bertz CT molecular complexity index is 432. The van der Waals surface area contributed by atoms with Crippen LogP contribution in [0.4, 0.5) is 0 Å². The van der Waals surface area contributed by atoms with Crippen LogP contribution in [0.2, 0.25) is 0 Å². The molecule has 1 aliphatic carbocycles. The first-order valence-corrected chi connectivity index (χ1v) is 8.29. The minimum Gasteiger partial charge on any atom is -0.355 e. The van der Waals surface area contributed by atoms with E-state index in [9.17, 15) is 4.79 Å². The van der Waals surface area contributed by atoms with Crippen LogP contribution in [0.25, 0.3) is 0 Å². The summed E-state index contributed by atoms with van der Waals surface area (Å²) in [5, 5.41) is 3.15. The lowest BCUT2D eigenvalue weighted by Gasteiger charge is -2.42. The lowest BCUT2D eigenvalue weighted by Crippen LogP contribution is -2.45. The highest BCUT2D eigenvalue weighted by Crippen LogP contribution is 2.43. The third kappa shape index (κ3) is 5.29. The highest BCUT2D eigenvalue weighted by atomic mass is 35.5. The van der Waals surface area contributed by atoms with Gasteiger partial charge in [-0.15, -0.1) is 12.4 Å². The molecule has 0 spiro atoms. The molecule has 1 fully saturated rings. The van der Waals surface area contributed by atoms with E-state index in [2.05, 4.69) is 35.6 Å². The van der Waals surface area contributed by atoms with Crippen LogP contribution in [0.1, 0.15) is 56.9 Å². The molecule has 0 atom stereocenters. The van der Waals surface area contributed by atoms with Crippen molar-refractivity contribution < 1.29 is 4.79 Å². The van der Waals surface area contributed by atoms with E-state index in [0.717, 1.165) is 38.8 Å². The van der Waals surface area contributed by atoms with Crippen molar-refractivity contribution in [3.05, 3.63) is 35.9 Å². The highest BCUT2D eigenvalue weighted by molar-refractivity contribution is 5.85. The van der Waals surface area contributed by atoms with Gasteiger partial charge in [-0.2, -0.15) is 0 Å². The smallest absolute Gasteiger partial charge is 0.220 e. The summed E-state index contributed by atoms with van der Waals surface area (Å²) in [5.41, 5.74) is 7.03. The molecule has 0 heterocycles. The van der Waals surface area contributed by atoms with Crippen LogP contribution in [0.15, 0.2) is 30.3 Å². The summed E-state index contributed by atoms with van der Waals surface area (Å²) in [6, 6.07) is 10.6. The number of rotatable bonds is 9. The van der Waals surface area contributed by atoms with Crippen LogP contribution < -0.4 is 11.1 Å². The topological polar surface area (TPSA) is 55.1 Å². The molecule has 0 bridgehead atoms. The molecule has 22 heavy (non-hydrogen) atoms. The first kappa shape index (κ1) is 19.0. The molecule has 1 saturated carbocycles. The molecule has 1 aromatic rings. The van der Waals surface area contributed by atoms with Crippen molar-refractivity contribution in [1.29, 1.82) is 0 Å². The van der Waals surface area contributed by atoms with Gasteiger partial charge in [-0.05, 0) is 37.8 Å². The lowest BCUT2D eigenvalue weighted by molar-refractivity contribution is -0.121. The maximum Gasteiger partial charge on any atom is 0.220 e. The fourth-order valence-corrected chi connectivity index (χ4v) is 3.10. The number of hydrogen-bond acceptors (Lipinski definition) is 2. The van der Waals surface area contributed by atoms with Crippen molar-refractivity contribution in [3.8, 4) is 0 Å². The zero-order chi connectivity index (χ0) is 15.0. The number of unbranched alkanes of at least 4 members (excludes halogenated alkanes) is 3. The van der Waals surface area contributed by atoms with Crippen molar-refractivity contribution in [2.24, 2.45) is 5.73 Å². The molecule has 2 rings (SSSR count). The molecule has 4 heteroatoms. The molecule has 0 saturated heterocycles. The molecule has 0 radical (unpaired) electrons. The van der Waals surface area contributed by atoms with Gasteiger partial charge in [0, 0.05) is 18.4 Å². The number of carbonyl (C=O) groups excluding carboxylic acids is 1. The Morgan fingerprint density at radius 3 is 2.36 bits per heavy atom. The molecule has 3 nitrogen and oxygen atoms in total. The van der Waals surface area contributed by atoms with E-state index in [1.54, 1.807) is 0 Å². The van der Waals surface area contributed by atoms with Gasteiger partial charge in [0.1, 0.15) is 0 Å². The first-order valence-electron chi connectivity index (χ1n) is 8.29. The summed E-state index contributed by atoms with van der Waals surface area (Å²) in [4.78, 5) is 12.0. The predicted octanol–water partition coefficient (Wildman–Crippen LogP) is 3.56.